The summed E-state index contributed by atoms with van der Waals surface area (Å²) in [6.45, 7) is 3.57. The molecule has 4 saturated carbocycles. The van der Waals surface area contributed by atoms with Crippen LogP contribution in [0, 0.1) is 34.5 Å². The van der Waals surface area contributed by atoms with E-state index >= 15 is 0 Å². The largest absolute Gasteiger partial charge is 0.338 e. The van der Waals surface area contributed by atoms with Crippen LogP contribution in [0.5, 0.6) is 0 Å². The predicted octanol–water partition coefficient (Wildman–Crippen LogP) is 2.62. The number of rotatable bonds is 2. The molecule has 4 rings (SSSR count). The van der Waals surface area contributed by atoms with Gasteiger partial charge in [0.15, 0.2) is 0 Å². The van der Waals surface area contributed by atoms with Crippen molar-refractivity contribution in [3.05, 3.63) is 0 Å². The first-order valence-electron chi connectivity index (χ1n) is 7.16. The van der Waals surface area contributed by atoms with Crippen LogP contribution in [0.25, 0.3) is 0 Å². The molecule has 0 saturated heterocycles. The number of hydrogen-bond donors (Lipinski definition) is 1. The van der Waals surface area contributed by atoms with Gasteiger partial charge in [-0.15, -0.1) is 0 Å². The van der Waals surface area contributed by atoms with E-state index < -0.39 is 5.54 Å². The van der Waals surface area contributed by atoms with Gasteiger partial charge in [0.2, 0.25) is 5.91 Å². The van der Waals surface area contributed by atoms with Crippen LogP contribution >= 0.6 is 0 Å². The third-order valence-corrected chi connectivity index (χ3v) is 5.23. The van der Waals surface area contributed by atoms with Crippen molar-refractivity contribution in [2.75, 3.05) is 0 Å². The van der Waals surface area contributed by atoms with Gasteiger partial charge in [-0.05, 0) is 70.1 Å². The molecule has 0 unspecified atom stereocenters. The lowest BCUT2D eigenvalue weighted by molar-refractivity contribution is -0.147. The van der Waals surface area contributed by atoms with Crippen LogP contribution in [0.4, 0.5) is 0 Å². The molecule has 0 heterocycles. The summed E-state index contributed by atoms with van der Waals surface area (Å²) >= 11 is 0. The molecular weight excluding hydrogens is 224 g/mol. The van der Waals surface area contributed by atoms with E-state index in [4.69, 9.17) is 5.26 Å². The fourth-order valence-electron chi connectivity index (χ4n) is 4.83. The fraction of sp³-hybridized carbons (Fsp3) is 0.867. The highest BCUT2D eigenvalue weighted by Crippen LogP contribution is 2.60. The Kier molecular flexibility index (Phi) is 2.49. The summed E-state index contributed by atoms with van der Waals surface area (Å²) in [6, 6.07) is 2.17. The Bertz CT molecular complexity index is 383. The van der Waals surface area contributed by atoms with Gasteiger partial charge in [-0.3, -0.25) is 4.79 Å². The summed E-state index contributed by atoms with van der Waals surface area (Å²) < 4.78 is 0. The second-order valence-corrected chi connectivity index (χ2v) is 7.39. The Morgan fingerprint density at radius 2 is 1.61 bits per heavy atom. The lowest BCUT2D eigenvalue weighted by Crippen LogP contribution is -2.57. The number of amides is 1. The SMILES string of the molecule is CC(C)(C#N)NC(=O)C12CC3CC(CC(C3)C1)C2. The molecule has 1 amide bonds. The van der Waals surface area contributed by atoms with Crippen LogP contribution in [0.15, 0.2) is 0 Å². The minimum atomic E-state index is -0.736. The summed E-state index contributed by atoms with van der Waals surface area (Å²) in [5.41, 5.74) is -0.872. The number of nitrogens with one attached hydrogen (secondary N) is 1. The van der Waals surface area contributed by atoms with Crippen molar-refractivity contribution < 1.29 is 4.79 Å². The first-order valence-corrected chi connectivity index (χ1v) is 7.16. The van der Waals surface area contributed by atoms with Gasteiger partial charge in [0, 0.05) is 0 Å². The normalized spacial score (nSPS) is 41.5. The van der Waals surface area contributed by atoms with Gasteiger partial charge in [-0.2, -0.15) is 5.26 Å². The summed E-state index contributed by atoms with van der Waals surface area (Å²) in [5, 5.41) is 12.0. The molecule has 4 bridgehead atoms. The summed E-state index contributed by atoms with van der Waals surface area (Å²) in [7, 11) is 0. The number of carbonyl (C=O) groups is 1. The molecule has 1 N–H and O–H groups in total. The van der Waals surface area contributed by atoms with Crippen molar-refractivity contribution in [1.29, 1.82) is 5.26 Å². The van der Waals surface area contributed by atoms with Crippen LogP contribution < -0.4 is 5.32 Å². The molecule has 98 valence electrons. The number of carbonyl (C=O) groups excluding carboxylic acids is 1. The molecule has 4 fully saturated rings. The van der Waals surface area contributed by atoms with Gasteiger partial charge in [0.05, 0.1) is 11.5 Å². The monoisotopic (exact) mass is 246 g/mol. The summed E-state index contributed by atoms with van der Waals surface area (Å²) in [6.07, 6.45) is 7.21. The quantitative estimate of drug-likeness (QED) is 0.814. The van der Waals surface area contributed by atoms with Gasteiger partial charge < -0.3 is 5.32 Å². The molecule has 3 heteroatoms. The Labute approximate surface area is 109 Å². The average Bonchev–Trinajstić information content (AvgIpc) is 2.26. The smallest absolute Gasteiger partial charge is 0.227 e. The molecule has 0 atom stereocenters. The molecule has 3 nitrogen and oxygen atoms in total. The van der Waals surface area contributed by atoms with Crippen LogP contribution in [0.1, 0.15) is 52.4 Å². The minimum absolute atomic E-state index is 0.136. The van der Waals surface area contributed by atoms with E-state index in [-0.39, 0.29) is 11.3 Å². The molecule has 0 aromatic heterocycles. The zero-order chi connectivity index (χ0) is 13.0. The molecule has 18 heavy (non-hydrogen) atoms. The Hall–Kier alpha value is -1.04. The molecule has 4 aliphatic carbocycles. The summed E-state index contributed by atoms with van der Waals surface area (Å²) in [4.78, 5) is 12.6. The van der Waals surface area contributed by atoms with Crippen LogP contribution in [0.2, 0.25) is 0 Å². The van der Waals surface area contributed by atoms with E-state index in [1.165, 1.54) is 19.3 Å². The van der Waals surface area contributed by atoms with E-state index in [1.807, 2.05) is 0 Å². The van der Waals surface area contributed by atoms with Crippen molar-refractivity contribution in [2.45, 2.75) is 57.9 Å². The van der Waals surface area contributed by atoms with E-state index in [2.05, 4.69) is 11.4 Å². The second kappa shape index (κ2) is 3.73. The highest BCUT2D eigenvalue weighted by atomic mass is 16.2. The average molecular weight is 246 g/mol. The van der Waals surface area contributed by atoms with E-state index in [0.717, 1.165) is 37.0 Å². The Balaban J connectivity index is 1.79. The van der Waals surface area contributed by atoms with Gasteiger partial charge >= 0.3 is 0 Å². The van der Waals surface area contributed by atoms with Crippen LogP contribution in [0.3, 0.4) is 0 Å². The van der Waals surface area contributed by atoms with Crippen molar-refractivity contribution in [1.82, 2.24) is 5.32 Å². The molecule has 0 aliphatic heterocycles. The predicted molar refractivity (Wildman–Crippen MR) is 68.4 cm³/mol. The van der Waals surface area contributed by atoms with Crippen molar-refractivity contribution >= 4 is 5.91 Å². The fourth-order valence-corrected chi connectivity index (χ4v) is 4.83. The molecule has 0 aromatic carbocycles. The Morgan fingerprint density at radius 1 is 1.17 bits per heavy atom. The van der Waals surface area contributed by atoms with Gasteiger partial charge in [-0.1, -0.05) is 0 Å². The van der Waals surface area contributed by atoms with Crippen LogP contribution in [-0.4, -0.2) is 11.4 Å². The number of nitriles is 1. The summed E-state index contributed by atoms with van der Waals surface area (Å²) in [5.74, 6) is 2.46. The van der Waals surface area contributed by atoms with E-state index in [9.17, 15) is 4.79 Å². The standard InChI is InChI=1S/C15H22N2O/c1-14(2,9-16)17-13(18)15-6-10-3-11(7-15)5-12(4-10)8-15/h10-12H,3-8H2,1-2H3,(H,17,18). The first-order chi connectivity index (χ1) is 8.42. The van der Waals surface area contributed by atoms with Crippen molar-refractivity contribution in [2.24, 2.45) is 23.2 Å². The maximum absolute atomic E-state index is 12.6. The topological polar surface area (TPSA) is 52.9 Å². The lowest BCUT2D eigenvalue weighted by Gasteiger charge is -2.56. The van der Waals surface area contributed by atoms with Gasteiger partial charge in [-0.25, -0.2) is 0 Å². The maximum atomic E-state index is 12.6. The molecule has 0 spiro atoms. The van der Waals surface area contributed by atoms with Crippen molar-refractivity contribution in [3.8, 4) is 6.07 Å². The lowest BCUT2D eigenvalue weighted by atomic mass is 9.49. The van der Waals surface area contributed by atoms with Crippen LogP contribution in [-0.2, 0) is 4.79 Å². The second-order valence-electron chi connectivity index (χ2n) is 7.39. The highest BCUT2D eigenvalue weighted by Gasteiger charge is 2.55. The maximum Gasteiger partial charge on any atom is 0.227 e. The number of nitrogens with zero attached hydrogens (tertiary/aromatic N) is 1. The Morgan fingerprint density at radius 3 is 2.00 bits per heavy atom. The molecule has 0 radical (unpaired) electrons. The molecule has 0 aromatic rings. The number of hydrogen-bond acceptors (Lipinski definition) is 2. The molecule has 4 aliphatic rings. The van der Waals surface area contributed by atoms with Crippen molar-refractivity contribution in [3.63, 3.8) is 0 Å². The molecular formula is C15H22N2O. The highest BCUT2D eigenvalue weighted by molar-refractivity contribution is 5.84. The zero-order valence-electron chi connectivity index (χ0n) is 11.3. The van der Waals surface area contributed by atoms with E-state index in [1.54, 1.807) is 13.8 Å². The van der Waals surface area contributed by atoms with Gasteiger partial charge in [0.25, 0.3) is 0 Å². The van der Waals surface area contributed by atoms with E-state index in [0.29, 0.717) is 0 Å². The van der Waals surface area contributed by atoms with Gasteiger partial charge in [0.1, 0.15) is 5.54 Å². The first kappa shape index (κ1) is 12.0. The third kappa shape index (κ3) is 1.83. The zero-order valence-corrected chi connectivity index (χ0v) is 11.3. The minimum Gasteiger partial charge on any atom is -0.338 e. The third-order valence-electron chi connectivity index (χ3n) is 5.23.